The predicted octanol–water partition coefficient (Wildman–Crippen LogP) is 1.21. The third kappa shape index (κ3) is 2.75. The molecular formula is C8H17NO2S. The van der Waals surface area contributed by atoms with Crippen LogP contribution in [-0.4, -0.2) is 31.6 Å². The van der Waals surface area contributed by atoms with E-state index in [0.29, 0.717) is 12.6 Å². The first-order valence-corrected chi connectivity index (χ1v) is 6.37. The smallest absolute Gasteiger partial charge is 0.211 e. The summed E-state index contributed by atoms with van der Waals surface area (Å²) >= 11 is 0. The molecule has 0 atom stereocenters. The van der Waals surface area contributed by atoms with Gasteiger partial charge in [0.15, 0.2) is 0 Å². The minimum absolute atomic E-state index is 0.326. The van der Waals surface area contributed by atoms with Crippen molar-refractivity contribution in [1.29, 1.82) is 0 Å². The minimum Gasteiger partial charge on any atom is -0.212 e. The summed E-state index contributed by atoms with van der Waals surface area (Å²) in [6, 6.07) is 0.326. The van der Waals surface area contributed by atoms with E-state index in [0.717, 1.165) is 25.7 Å². The Morgan fingerprint density at radius 2 is 2.00 bits per heavy atom. The summed E-state index contributed by atoms with van der Waals surface area (Å²) in [6.07, 6.45) is 5.44. The summed E-state index contributed by atoms with van der Waals surface area (Å²) in [6.45, 7) is 2.79. The number of rotatable bonds is 5. The molecule has 0 N–H and O–H groups in total. The van der Waals surface area contributed by atoms with Gasteiger partial charge in [0, 0.05) is 12.6 Å². The molecule has 1 saturated carbocycles. The van der Waals surface area contributed by atoms with Crippen molar-refractivity contribution in [2.75, 3.05) is 12.8 Å². The van der Waals surface area contributed by atoms with Crippen molar-refractivity contribution in [2.45, 2.75) is 38.6 Å². The van der Waals surface area contributed by atoms with Gasteiger partial charge in [-0.2, -0.15) is 4.31 Å². The van der Waals surface area contributed by atoms with Gasteiger partial charge in [0.1, 0.15) is 0 Å². The van der Waals surface area contributed by atoms with Gasteiger partial charge in [-0.1, -0.05) is 13.3 Å². The average molecular weight is 191 g/mol. The monoisotopic (exact) mass is 191 g/mol. The number of nitrogens with zero attached hydrogens (tertiary/aromatic N) is 1. The molecule has 0 amide bonds. The molecule has 0 bridgehead atoms. The van der Waals surface area contributed by atoms with Crippen LogP contribution in [0, 0.1) is 0 Å². The lowest BCUT2D eigenvalue weighted by molar-refractivity contribution is 0.399. The van der Waals surface area contributed by atoms with Crippen molar-refractivity contribution < 1.29 is 8.42 Å². The Morgan fingerprint density at radius 1 is 1.42 bits per heavy atom. The zero-order chi connectivity index (χ0) is 9.19. The molecular weight excluding hydrogens is 174 g/mol. The molecule has 0 aromatic carbocycles. The first-order valence-electron chi connectivity index (χ1n) is 4.52. The summed E-state index contributed by atoms with van der Waals surface area (Å²) in [5, 5.41) is 0. The topological polar surface area (TPSA) is 37.4 Å². The molecule has 1 aliphatic rings. The third-order valence-corrected chi connectivity index (χ3v) is 3.44. The van der Waals surface area contributed by atoms with E-state index in [4.69, 9.17) is 0 Å². The van der Waals surface area contributed by atoms with E-state index in [1.165, 1.54) is 6.26 Å². The second-order valence-corrected chi connectivity index (χ2v) is 5.39. The average Bonchev–Trinajstić information content (AvgIpc) is 2.69. The molecule has 1 fully saturated rings. The fourth-order valence-corrected chi connectivity index (χ4v) is 2.51. The van der Waals surface area contributed by atoms with Gasteiger partial charge in [-0.25, -0.2) is 8.42 Å². The third-order valence-electron chi connectivity index (χ3n) is 2.11. The fourth-order valence-electron chi connectivity index (χ4n) is 1.30. The molecule has 0 spiro atoms. The van der Waals surface area contributed by atoms with Gasteiger partial charge in [-0.05, 0) is 19.3 Å². The van der Waals surface area contributed by atoms with Crippen molar-refractivity contribution >= 4 is 10.0 Å². The first kappa shape index (κ1) is 9.99. The van der Waals surface area contributed by atoms with Crippen LogP contribution in [0.3, 0.4) is 0 Å². The van der Waals surface area contributed by atoms with Gasteiger partial charge in [0.25, 0.3) is 0 Å². The maximum absolute atomic E-state index is 11.2. The Bertz CT molecular complexity index is 231. The maximum atomic E-state index is 11.2. The second kappa shape index (κ2) is 3.75. The molecule has 4 heteroatoms. The van der Waals surface area contributed by atoms with Gasteiger partial charge in [0.2, 0.25) is 10.0 Å². The Balaban J connectivity index is 2.49. The molecule has 0 saturated heterocycles. The quantitative estimate of drug-likeness (QED) is 0.655. The zero-order valence-electron chi connectivity index (χ0n) is 7.78. The normalized spacial score (nSPS) is 18.6. The van der Waals surface area contributed by atoms with Crippen molar-refractivity contribution in [3.05, 3.63) is 0 Å². The van der Waals surface area contributed by atoms with E-state index in [2.05, 4.69) is 6.92 Å². The van der Waals surface area contributed by atoms with E-state index < -0.39 is 10.0 Å². The Morgan fingerprint density at radius 3 is 2.33 bits per heavy atom. The van der Waals surface area contributed by atoms with Crippen LogP contribution in [0.1, 0.15) is 32.6 Å². The lowest BCUT2D eigenvalue weighted by Gasteiger charge is -2.18. The van der Waals surface area contributed by atoms with Gasteiger partial charge in [0.05, 0.1) is 6.26 Å². The number of hydrogen-bond acceptors (Lipinski definition) is 2. The van der Waals surface area contributed by atoms with Crippen LogP contribution in [0.2, 0.25) is 0 Å². The van der Waals surface area contributed by atoms with Crippen LogP contribution < -0.4 is 0 Å². The summed E-state index contributed by atoms with van der Waals surface area (Å²) in [7, 11) is -2.94. The molecule has 72 valence electrons. The molecule has 12 heavy (non-hydrogen) atoms. The lowest BCUT2D eigenvalue weighted by Crippen LogP contribution is -2.32. The highest BCUT2D eigenvalue weighted by Crippen LogP contribution is 2.28. The maximum Gasteiger partial charge on any atom is 0.211 e. The molecule has 0 aromatic rings. The number of hydrogen-bond donors (Lipinski definition) is 0. The number of unbranched alkanes of at least 4 members (excludes halogenated alkanes) is 1. The van der Waals surface area contributed by atoms with Crippen molar-refractivity contribution in [2.24, 2.45) is 0 Å². The Labute approximate surface area is 74.8 Å². The Hall–Kier alpha value is -0.0900. The van der Waals surface area contributed by atoms with Gasteiger partial charge >= 0.3 is 0 Å². The van der Waals surface area contributed by atoms with Gasteiger partial charge in [-0.15, -0.1) is 0 Å². The molecule has 0 unspecified atom stereocenters. The molecule has 1 rings (SSSR count). The van der Waals surface area contributed by atoms with E-state index in [1.54, 1.807) is 4.31 Å². The summed E-state index contributed by atoms with van der Waals surface area (Å²) in [4.78, 5) is 0. The van der Waals surface area contributed by atoms with E-state index in [1.807, 2.05) is 0 Å². The highest BCUT2D eigenvalue weighted by molar-refractivity contribution is 7.88. The summed E-state index contributed by atoms with van der Waals surface area (Å²) in [5.41, 5.74) is 0. The second-order valence-electron chi connectivity index (χ2n) is 3.46. The van der Waals surface area contributed by atoms with Crippen molar-refractivity contribution in [3.63, 3.8) is 0 Å². The molecule has 3 nitrogen and oxygen atoms in total. The first-order chi connectivity index (χ1) is 5.55. The van der Waals surface area contributed by atoms with Gasteiger partial charge in [-0.3, -0.25) is 0 Å². The molecule has 0 radical (unpaired) electrons. The molecule has 0 aliphatic heterocycles. The van der Waals surface area contributed by atoms with Crippen LogP contribution in [0.25, 0.3) is 0 Å². The van der Waals surface area contributed by atoms with Crippen LogP contribution in [0.4, 0.5) is 0 Å². The standard InChI is InChI=1S/C8H17NO2S/c1-3-4-7-9(8-5-6-8)12(2,10)11/h8H,3-7H2,1-2H3. The minimum atomic E-state index is -2.94. The van der Waals surface area contributed by atoms with Gasteiger partial charge < -0.3 is 0 Å². The van der Waals surface area contributed by atoms with E-state index in [9.17, 15) is 8.42 Å². The SMILES string of the molecule is CCCCN(C1CC1)S(C)(=O)=O. The zero-order valence-corrected chi connectivity index (χ0v) is 8.60. The molecule has 1 aliphatic carbocycles. The summed E-state index contributed by atoms with van der Waals surface area (Å²) < 4.78 is 24.1. The van der Waals surface area contributed by atoms with Crippen molar-refractivity contribution in [1.82, 2.24) is 4.31 Å². The van der Waals surface area contributed by atoms with E-state index >= 15 is 0 Å². The number of sulfonamides is 1. The molecule has 0 aromatic heterocycles. The largest absolute Gasteiger partial charge is 0.212 e. The highest BCUT2D eigenvalue weighted by atomic mass is 32.2. The van der Waals surface area contributed by atoms with E-state index in [-0.39, 0.29) is 0 Å². The van der Waals surface area contributed by atoms with Crippen LogP contribution in [-0.2, 0) is 10.0 Å². The Kier molecular flexibility index (Phi) is 3.12. The highest BCUT2D eigenvalue weighted by Gasteiger charge is 2.34. The summed E-state index contributed by atoms with van der Waals surface area (Å²) in [5.74, 6) is 0. The fraction of sp³-hybridized carbons (Fsp3) is 1.00. The predicted molar refractivity (Wildman–Crippen MR) is 49.5 cm³/mol. The molecule has 0 heterocycles. The van der Waals surface area contributed by atoms with Crippen LogP contribution in [0.5, 0.6) is 0 Å². The van der Waals surface area contributed by atoms with Crippen molar-refractivity contribution in [3.8, 4) is 0 Å². The van der Waals surface area contributed by atoms with Crippen LogP contribution in [0.15, 0.2) is 0 Å². The lowest BCUT2D eigenvalue weighted by atomic mass is 10.3. The van der Waals surface area contributed by atoms with Crippen LogP contribution >= 0.6 is 0 Å².